The molecular weight excluding hydrogens is 222 g/mol. The number of halogens is 1. The van der Waals surface area contributed by atoms with E-state index < -0.39 is 0 Å². The minimum atomic E-state index is -0.116. The van der Waals surface area contributed by atoms with Crippen molar-refractivity contribution in [2.24, 2.45) is 0 Å². The fraction of sp³-hybridized carbons (Fsp3) is 0.417. The van der Waals surface area contributed by atoms with Crippen LogP contribution < -0.4 is 5.32 Å². The van der Waals surface area contributed by atoms with Gasteiger partial charge in [0, 0.05) is 5.88 Å². The molecular formula is C12H16ClN3. The summed E-state index contributed by atoms with van der Waals surface area (Å²) in [7, 11) is 0. The lowest BCUT2D eigenvalue weighted by molar-refractivity contribution is 0.549. The molecule has 1 atom stereocenters. The normalized spacial score (nSPS) is 14.9. The molecule has 4 heteroatoms. The molecule has 0 saturated carbocycles. The lowest BCUT2D eigenvalue weighted by Crippen LogP contribution is -2.36. The van der Waals surface area contributed by atoms with Crippen molar-refractivity contribution < 1.29 is 0 Å². The summed E-state index contributed by atoms with van der Waals surface area (Å²) in [5.74, 6) is 1.34. The van der Waals surface area contributed by atoms with Gasteiger partial charge in [0.2, 0.25) is 5.95 Å². The highest BCUT2D eigenvalue weighted by Crippen LogP contribution is 2.20. The molecule has 1 aromatic heterocycles. The molecule has 1 unspecified atom stereocenters. The van der Waals surface area contributed by atoms with E-state index in [1.54, 1.807) is 0 Å². The van der Waals surface area contributed by atoms with Crippen molar-refractivity contribution in [1.29, 1.82) is 0 Å². The summed E-state index contributed by atoms with van der Waals surface area (Å²) >= 11 is 5.95. The number of H-pyrrole nitrogens is 1. The van der Waals surface area contributed by atoms with E-state index in [2.05, 4.69) is 29.1 Å². The summed E-state index contributed by atoms with van der Waals surface area (Å²) in [6, 6.07) is 7.97. The van der Waals surface area contributed by atoms with Crippen molar-refractivity contribution in [3.05, 3.63) is 24.3 Å². The maximum atomic E-state index is 5.95. The molecule has 0 aliphatic heterocycles. The van der Waals surface area contributed by atoms with Gasteiger partial charge >= 0.3 is 0 Å². The van der Waals surface area contributed by atoms with Crippen LogP contribution in [0.15, 0.2) is 24.3 Å². The van der Waals surface area contributed by atoms with Crippen molar-refractivity contribution in [2.45, 2.75) is 25.8 Å². The van der Waals surface area contributed by atoms with E-state index in [1.165, 1.54) is 0 Å². The van der Waals surface area contributed by atoms with Gasteiger partial charge in [-0.15, -0.1) is 11.6 Å². The Hall–Kier alpha value is -1.22. The molecule has 2 N–H and O–H groups in total. The topological polar surface area (TPSA) is 40.7 Å². The van der Waals surface area contributed by atoms with Gasteiger partial charge in [-0.3, -0.25) is 0 Å². The molecule has 0 saturated heterocycles. The summed E-state index contributed by atoms with van der Waals surface area (Å²) in [5.41, 5.74) is 1.89. The van der Waals surface area contributed by atoms with Gasteiger partial charge in [-0.05, 0) is 25.5 Å². The second-order valence-corrected chi connectivity index (χ2v) is 4.54. The molecule has 0 bridgehead atoms. The average Bonchev–Trinajstić information content (AvgIpc) is 2.70. The molecule has 3 nitrogen and oxygen atoms in total. The molecule has 0 spiro atoms. The van der Waals surface area contributed by atoms with Crippen LogP contribution in [0.1, 0.15) is 20.3 Å². The number of hydrogen-bond acceptors (Lipinski definition) is 2. The molecule has 1 heterocycles. The second-order valence-electron chi connectivity index (χ2n) is 4.28. The van der Waals surface area contributed by atoms with Crippen molar-refractivity contribution in [3.63, 3.8) is 0 Å². The standard InChI is InChI=1S/C12H16ClN3/c1-3-12(2,8-13)16-11-14-9-6-4-5-7-10(9)15-11/h4-7H,3,8H2,1-2H3,(H2,14,15,16). The molecule has 0 radical (unpaired) electrons. The molecule has 0 amide bonds. The van der Waals surface area contributed by atoms with E-state index in [4.69, 9.17) is 11.6 Å². The first-order valence-corrected chi connectivity index (χ1v) is 5.99. The summed E-state index contributed by atoms with van der Waals surface area (Å²) in [6.45, 7) is 4.20. The van der Waals surface area contributed by atoms with Gasteiger partial charge in [0.05, 0.1) is 16.6 Å². The molecule has 16 heavy (non-hydrogen) atoms. The molecule has 0 aliphatic carbocycles. The van der Waals surface area contributed by atoms with Crippen LogP contribution in [0.2, 0.25) is 0 Å². The van der Waals surface area contributed by atoms with E-state index in [0.29, 0.717) is 5.88 Å². The minimum Gasteiger partial charge on any atom is -0.349 e. The van der Waals surface area contributed by atoms with Crippen LogP contribution in [-0.2, 0) is 0 Å². The van der Waals surface area contributed by atoms with Gasteiger partial charge in [-0.25, -0.2) is 4.98 Å². The van der Waals surface area contributed by atoms with Crippen LogP contribution in [0.5, 0.6) is 0 Å². The van der Waals surface area contributed by atoms with Crippen molar-refractivity contribution in [2.75, 3.05) is 11.2 Å². The Morgan fingerprint density at radius 1 is 1.44 bits per heavy atom. The Kier molecular flexibility index (Phi) is 3.06. The lowest BCUT2D eigenvalue weighted by atomic mass is 10.0. The molecule has 0 aliphatic rings. The van der Waals surface area contributed by atoms with E-state index in [1.807, 2.05) is 24.3 Å². The summed E-state index contributed by atoms with van der Waals surface area (Å²) in [5, 5.41) is 3.35. The Balaban J connectivity index is 2.27. The highest BCUT2D eigenvalue weighted by Gasteiger charge is 2.21. The van der Waals surface area contributed by atoms with Crippen LogP contribution in [0, 0.1) is 0 Å². The number of para-hydroxylation sites is 2. The zero-order chi connectivity index (χ0) is 11.6. The maximum absolute atomic E-state index is 5.95. The SMILES string of the molecule is CCC(C)(CCl)Nc1nc2ccccc2[nH]1. The van der Waals surface area contributed by atoms with Crippen molar-refractivity contribution in [1.82, 2.24) is 9.97 Å². The number of imidazole rings is 1. The monoisotopic (exact) mass is 237 g/mol. The minimum absolute atomic E-state index is 0.116. The number of hydrogen-bond donors (Lipinski definition) is 2. The second kappa shape index (κ2) is 4.34. The average molecular weight is 238 g/mol. The third-order valence-corrected chi connectivity index (χ3v) is 3.47. The fourth-order valence-electron chi connectivity index (χ4n) is 1.51. The number of benzene rings is 1. The number of alkyl halides is 1. The van der Waals surface area contributed by atoms with Gasteiger partial charge in [0.25, 0.3) is 0 Å². The number of fused-ring (bicyclic) bond motifs is 1. The van der Waals surface area contributed by atoms with Crippen LogP contribution in [0.3, 0.4) is 0 Å². The third-order valence-electron chi connectivity index (χ3n) is 2.88. The van der Waals surface area contributed by atoms with E-state index in [9.17, 15) is 0 Å². The van der Waals surface area contributed by atoms with Gasteiger partial charge in [0.1, 0.15) is 0 Å². The number of aromatic amines is 1. The zero-order valence-corrected chi connectivity index (χ0v) is 10.3. The number of aromatic nitrogens is 2. The first-order valence-electron chi connectivity index (χ1n) is 5.46. The lowest BCUT2D eigenvalue weighted by Gasteiger charge is -2.26. The summed E-state index contributed by atoms with van der Waals surface area (Å²) < 4.78 is 0. The molecule has 86 valence electrons. The number of nitrogens with zero attached hydrogens (tertiary/aromatic N) is 1. The first-order chi connectivity index (χ1) is 7.67. The maximum Gasteiger partial charge on any atom is 0.201 e. The number of rotatable bonds is 4. The smallest absolute Gasteiger partial charge is 0.201 e. The zero-order valence-electron chi connectivity index (χ0n) is 9.55. The first kappa shape index (κ1) is 11.3. The Bertz CT molecular complexity index is 441. The number of anilines is 1. The Morgan fingerprint density at radius 3 is 2.81 bits per heavy atom. The van der Waals surface area contributed by atoms with Crippen LogP contribution in [-0.4, -0.2) is 21.4 Å². The van der Waals surface area contributed by atoms with E-state index in [0.717, 1.165) is 23.4 Å². The highest BCUT2D eigenvalue weighted by atomic mass is 35.5. The number of nitrogens with one attached hydrogen (secondary N) is 2. The Labute approximate surface area is 100 Å². The quantitative estimate of drug-likeness (QED) is 0.801. The molecule has 2 rings (SSSR count). The van der Waals surface area contributed by atoms with Crippen molar-refractivity contribution in [3.8, 4) is 0 Å². The van der Waals surface area contributed by atoms with Gasteiger partial charge in [-0.2, -0.15) is 0 Å². The van der Waals surface area contributed by atoms with Crippen molar-refractivity contribution >= 4 is 28.6 Å². The fourth-order valence-corrected chi connectivity index (χ4v) is 1.77. The summed E-state index contributed by atoms with van der Waals surface area (Å²) in [4.78, 5) is 7.71. The largest absolute Gasteiger partial charge is 0.349 e. The van der Waals surface area contributed by atoms with Crippen LogP contribution >= 0.6 is 11.6 Å². The van der Waals surface area contributed by atoms with E-state index >= 15 is 0 Å². The molecule has 0 fully saturated rings. The third kappa shape index (κ3) is 2.14. The summed E-state index contributed by atoms with van der Waals surface area (Å²) in [6.07, 6.45) is 0.952. The highest BCUT2D eigenvalue weighted by molar-refractivity contribution is 6.18. The van der Waals surface area contributed by atoms with Gasteiger partial charge in [0.15, 0.2) is 0 Å². The molecule has 2 aromatic rings. The van der Waals surface area contributed by atoms with Gasteiger partial charge < -0.3 is 10.3 Å². The van der Waals surface area contributed by atoms with Gasteiger partial charge in [-0.1, -0.05) is 19.1 Å². The van der Waals surface area contributed by atoms with Crippen LogP contribution in [0.4, 0.5) is 5.95 Å². The Morgan fingerprint density at radius 2 is 2.19 bits per heavy atom. The predicted octanol–water partition coefficient (Wildman–Crippen LogP) is 3.38. The van der Waals surface area contributed by atoms with Crippen LogP contribution in [0.25, 0.3) is 11.0 Å². The van der Waals surface area contributed by atoms with E-state index in [-0.39, 0.29) is 5.54 Å². The predicted molar refractivity (Wildman–Crippen MR) is 69.1 cm³/mol. The molecule has 1 aromatic carbocycles.